The Bertz CT molecular complexity index is 319. The molecule has 0 radical (unpaired) electrons. The first-order valence-corrected chi connectivity index (χ1v) is 5.29. The van der Waals surface area contributed by atoms with Crippen LogP contribution < -0.4 is 0 Å². The van der Waals surface area contributed by atoms with Gasteiger partial charge in [0.05, 0.1) is 25.5 Å². The smallest absolute Gasteiger partial charge is 0.433 e. The summed E-state index contributed by atoms with van der Waals surface area (Å²) in [5.41, 5.74) is 1.72. The molecule has 2 amide bonds. The summed E-state index contributed by atoms with van der Waals surface area (Å²) in [5, 5.41) is 2.17. The van der Waals surface area contributed by atoms with Gasteiger partial charge in [-0.1, -0.05) is 11.6 Å². The van der Waals surface area contributed by atoms with Crippen LogP contribution in [-0.4, -0.2) is 42.0 Å². The highest BCUT2D eigenvalue weighted by Crippen LogP contribution is 2.25. The first kappa shape index (κ1) is 12.6. The van der Waals surface area contributed by atoms with Gasteiger partial charge in [0.1, 0.15) is 0 Å². The summed E-state index contributed by atoms with van der Waals surface area (Å²) in [4.78, 5) is 22.9. The molecule has 6 nitrogen and oxygen atoms in total. The number of ether oxygens (including phenoxy) is 2. The Morgan fingerprint density at radius 1 is 1.31 bits per heavy atom. The fourth-order valence-corrected chi connectivity index (χ4v) is 1.36. The van der Waals surface area contributed by atoms with Gasteiger partial charge in [-0.2, -0.15) is 5.01 Å². The second-order valence-corrected chi connectivity index (χ2v) is 3.09. The maximum Gasteiger partial charge on any atom is 0.433 e. The lowest BCUT2D eigenvalue weighted by Crippen LogP contribution is -2.60. The minimum Gasteiger partial charge on any atom is -0.448 e. The molecule has 0 aliphatic carbocycles. The van der Waals surface area contributed by atoms with Crippen LogP contribution in [0.3, 0.4) is 0 Å². The fraction of sp³-hybridized carbons (Fsp3) is 0.556. The molecular weight excluding hydrogens is 236 g/mol. The van der Waals surface area contributed by atoms with Crippen LogP contribution in [0.25, 0.3) is 0 Å². The molecule has 1 heterocycles. The van der Waals surface area contributed by atoms with Crippen molar-refractivity contribution < 1.29 is 19.1 Å². The molecular formula is C9H13ClN2O4. The van der Waals surface area contributed by atoms with Crippen molar-refractivity contribution in [2.75, 3.05) is 19.8 Å². The third-order valence-corrected chi connectivity index (χ3v) is 2.12. The van der Waals surface area contributed by atoms with E-state index in [9.17, 15) is 9.59 Å². The van der Waals surface area contributed by atoms with Gasteiger partial charge in [-0.15, -0.1) is 0 Å². The van der Waals surface area contributed by atoms with Crippen molar-refractivity contribution in [2.24, 2.45) is 0 Å². The third-order valence-electron chi connectivity index (χ3n) is 1.87. The van der Waals surface area contributed by atoms with Gasteiger partial charge >= 0.3 is 12.2 Å². The second-order valence-electron chi connectivity index (χ2n) is 2.87. The molecule has 7 heteroatoms. The number of amides is 2. The zero-order valence-electron chi connectivity index (χ0n) is 9.10. The summed E-state index contributed by atoms with van der Waals surface area (Å²) < 4.78 is 9.54. The van der Waals surface area contributed by atoms with Crippen molar-refractivity contribution >= 4 is 23.8 Å². The Kier molecular flexibility index (Phi) is 4.42. The van der Waals surface area contributed by atoms with Crippen molar-refractivity contribution in [3.05, 3.63) is 11.2 Å². The molecule has 0 atom stereocenters. The first-order chi connectivity index (χ1) is 7.65. The van der Waals surface area contributed by atoms with E-state index >= 15 is 0 Å². The summed E-state index contributed by atoms with van der Waals surface area (Å²) in [5.74, 6) is 0. The van der Waals surface area contributed by atoms with Crippen molar-refractivity contribution in [1.29, 1.82) is 0 Å². The van der Waals surface area contributed by atoms with Crippen LogP contribution in [0.1, 0.15) is 13.8 Å². The van der Waals surface area contributed by atoms with Crippen molar-refractivity contribution in [2.45, 2.75) is 13.8 Å². The lowest BCUT2D eigenvalue weighted by molar-refractivity contribution is -0.0427. The topological polar surface area (TPSA) is 59.1 Å². The average molecular weight is 249 g/mol. The van der Waals surface area contributed by atoms with E-state index in [-0.39, 0.29) is 19.8 Å². The van der Waals surface area contributed by atoms with Gasteiger partial charge < -0.3 is 9.47 Å². The van der Waals surface area contributed by atoms with Gasteiger partial charge in [-0.3, -0.25) is 0 Å². The van der Waals surface area contributed by atoms with E-state index in [0.29, 0.717) is 5.70 Å². The average Bonchev–Trinajstić information content (AvgIpc) is 2.17. The highest BCUT2D eigenvalue weighted by atomic mass is 35.5. The molecule has 0 aromatic rings. The second kappa shape index (κ2) is 5.60. The Morgan fingerprint density at radius 2 is 1.88 bits per heavy atom. The minimum atomic E-state index is -0.645. The molecule has 0 unspecified atom stereocenters. The van der Waals surface area contributed by atoms with Crippen LogP contribution in [0.2, 0.25) is 0 Å². The predicted octanol–water partition coefficient (Wildman–Crippen LogP) is 1.91. The highest BCUT2D eigenvalue weighted by Gasteiger charge is 2.41. The summed E-state index contributed by atoms with van der Waals surface area (Å²) in [6, 6.07) is 0. The maximum absolute atomic E-state index is 11.5. The summed E-state index contributed by atoms with van der Waals surface area (Å²) in [6.07, 6.45) is -1.24. The van der Waals surface area contributed by atoms with Gasteiger partial charge in [-0.25, -0.2) is 14.6 Å². The van der Waals surface area contributed by atoms with Crippen molar-refractivity contribution in [3.8, 4) is 0 Å². The zero-order valence-corrected chi connectivity index (χ0v) is 9.86. The standard InChI is InChI=1S/C9H13ClN2O4/c1-3-15-8(13)11-6-7(5-10)12(11)9(14)16-4-2/h5H,3-4,6H2,1-2H3/b7-5+. The number of carbonyl (C=O) groups excluding carboxylic acids is 2. The number of carbonyl (C=O) groups is 2. The van der Waals surface area contributed by atoms with Gasteiger partial charge in [-0.05, 0) is 13.8 Å². The molecule has 1 rings (SSSR count). The zero-order chi connectivity index (χ0) is 12.1. The van der Waals surface area contributed by atoms with Crippen LogP contribution in [0.15, 0.2) is 11.2 Å². The van der Waals surface area contributed by atoms with Crippen LogP contribution in [0.5, 0.6) is 0 Å². The van der Waals surface area contributed by atoms with E-state index in [1.165, 1.54) is 5.54 Å². The number of halogens is 1. The van der Waals surface area contributed by atoms with E-state index in [4.69, 9.17) is 21.1 Å². The van der Waals surface area contributed by atoms with E-state index in [0.717, 1.165) is 10.0 Å². The molecule has 0 aromatic heterocycles. The molecule has 1 aliphatic heterocycles. The fourth-order valence-electron chi connectivity index (χ4n) is 1.19. The Hall–Kier alpha value is -1.43. The Balaban J connectivity index is 2.68. The Morgan fingerprint density at radius 3 is 2.38 bits per heavy atom. The number of hydrazine groups is 1. The van der Waals surface area contributed by atoms with Crippen LogP contribution in [-0.2, 0) is 9.47 Å². The molecule has 0 N–H and O–H groups in total. The number of hydrogen-bond acceptors (Lipinski definition) is 4. The SMILES string of the molecule is CCOC(=O)N1C/C(=C\Cl)N1C(=O)OCC. The quantitative estimate of drug-likeness (QED) is 0.749. The lowest BCUT2D eigenvalue weighted by Gasteiger charge is -2.42. The van der Waals surface area contributed by atoms with Gasteiger partial charge in [0.2, 0.25) is 0 Å². The molecule has 0 aromatic carbocycles. The maximum atomic E-state index is 11.5. The molecule has 0 spiro atoms. The van der Waals surface area contributed by atoms with E-state index < -0.39 is 12.2 Å². The highest BCUT2D eigenvalue weighted by molar-refractivity contribution is 6.25. The van der Waals surface area contributed by atoms with Crippen LogP contribution in [0.4, 0.5) is 9.59 Å². The van der Waals surface area contributed by atoms with E-state index in [1.54, 1.807) is 13.8 Å². The van der Waals surface area contributed by atoms with E-state index in [2.05, 4.69) is 0 Å². The summed E-state index contributed by atoms with van der Waals surface area (Å²) in [6.45, 7) is 4.07. The van der Waals surface area contributed by atoms with Crippen molar-refractivity contribution in [3.63, 3.8) is 0 Å². The van der Waals surface area contributed by atoms with Gasteiger partial charge in [0, 0.05) is 5.54 Å². The van der Waals surface area contributed by atoms with Crippen LogP contribution >= 0.6 is 11.6 Å². The predicted molar refractivity (Wildman–Crippen MR) is 56.5 cm³/mol. The van der Waals surface area contributed by atoms with Crippen LogP contribution in [0, 0.1) is 0 Å². The summed E-state index contributed by atoms with van der Waals surface area (Å²) in [7, 11) is 0. The number of rotatable bonds is 2. The molecule has 90 valence electrons. The first-order valence-electron chi connectivity index (χ1n) is 4.86. The van der Waals surface area contributed by atoms with Crippen molar-refractivity contribution in [1.82, 2.24) is 10.0 Å². The minimum absolute atomic E-state index is 0.224. The largest absolute Gasteiger partial charge is 0.448 e. The Labute approximate surface area is 98.3 Å². The van der Waals surface area contributed by atoms with Gasteiger partial charge in [0.15, 0.2) is 0 Å². The summed E-state index contributed by atoms with van der Waals surface area (Å²) >= 11 is 5.50. The lowest BCUT2D eigenvalue weighted by atomic mass is 10.3. The number of hydrogen-bond donors (Lipinski definition) is 0. The third kappa shape index (κ3) is 2.38. The molecule has 1 saturated heterocycles. The van der Waals surface area contributed by atoms with Gasteiger partial charge in [0.25, 0.3) is 0 Å². The monoisotopic (exact) mass is 248 g/mol. The molecule has 1 fully saturated rings. The molecule has 16 heavy (non-hydrogen) atoms. The molecule has 0 saturated carbocycles. The molecule has 0 bridgehead atoms. The van der Waals surface area contributed by atoms with E-state index in [1.807, 2.05) is 0 Å². The number of nitrogens with zero attached hydrogens (tertiary/aromatic N) is 2. The normalized spacial score (nSPS) is 17.1. The molecule has 1 aliphatic rings.